The van der Waals surface area contributed by atoms with E-state index in [9.17, 15) is 136 Å². The average molecular weight is 922 g/mol. The average Bonchev–Trinajstić information content (AvgIpc) is 2.92. The smallest absolute Gasteiger partial charge is 0.460 e. The molecule has 0 fully saturated rings. The zero-order valence-electron chi connectivity index (χ0n) is 25.8. The molecule has 55 heavy (non-hydrogen) atoms. The van der Waals surface area contributed by atoms with E-state index in [4.69, 9.17) is 0 Å². The lowest BCUT2D eigenvalue weighted by Crippen LogP contribution is -2.78. The molecule has 332 valence electrons. The van der Waals surface area contributed by atoms with Crippen molar-refractivity contribution in [3.8, 4) is 0 Å². The van der Waals surface area contributed by atoms with Crippen molar-refractivity contribution in [1.82, 2.24) is 4.72 Å². The molecule has 0 bridgehead atoms. The standard InChI is InChI=1S/C20H19F25N2O6S2/c1-47(2,6-8(48)7-54(49,50)51)5-3-4-46-55(52,53)20(44,45)18(39,40)16(35,36)14(31,32)12(27,28)10(23,24)9(21,22)11(25,26)13(29,30)15(33,34)17(37,38)19(41,42)43/h8,46,48H,3-7H2,1-2H3. The van der Waals surface area contributed by atoms with Gasteiger partial charge in [0.25, 0.3) is 10.0 Å². The van der Waals surface area contributed by atoms with E-state index >= 15 is 0 Å². The van der Waals surface area contributed by atoms with Gasteiger partial charge in [0.15, 0.2) is 0 Å². The number of aliphatic hydroxyl groups excluding tert-OH is 1. The maximum absolute atomic E-state index is 14.2. The highest BCUT2D eigenvalue weighted by atomic mass is 32.2. The summed E-state index contributed by atoms with van der Waals surface area (Å²) in [5, 5.41) is 1.47. The van der Waals surface area contributed by atoms with Crippen LogP contribution in [0.25, 0.3) is 0 Å². The van der Waals surface area contributed by atoms with E-state index in [2.05, 4.69) is 0 Å². The van der Waals surface area contributed by atoms with Gasteiger partial charge in [-0.1, -0.05) is 0 Å². The third-order valence-electron chi connectivity index (χ3n) is 6.94. The third-order valence-corrected chi connectivity index (χ3v) is 9.25. The summed E-state index contributed by atoms with van der Waals surface area (Å²) in [6.07, 6.45) is -11.3. The normalized spacial score (nSPS) is 17.1. The molecule has 0 aromatic rings. The van der Waals surface area contributed by atoms with Crippen molar-refractivity contribution in [2.24, 2.45) is 0 Å². The van der Waals surface area contributed by atoms with Crippen LogP contribution in [0.3, 0.4) is 0 Å². The van der Waals surface area contributed by atoms with Gasteiger partial charge in [0.05, 0.1) is 36.5 Å². The van der Waals surface area contributed by atoms with Gasteiger partial charge >= 0.3 is 70.7 Å². The summed E-state index contributed by atoms with van der Waals surface area (Å²) in [6, 6.07) is 0. The third kappa shape index (κ3) is 8.32. The number of nitrogens with zero attached hydrogens (tertiary/aromatic N) is 1. The van der Waals surface area contributed by atoms with Crippen molar-refractivity contribution in [1.29, 1.82) is 0 Å². The Bertz CT molecular complexity index is 1590. The maximum atomic E-state index is 14.2. The summed E-state index contributed by atoms with van der Waals surface area (Å²) in [6.45, 7) is -3.25. The molecule has 0 aliphatic rings. The molecule has 0 saturated carbocycles. The summed E-state index contributed by atoms with van der Waals surface area (Å²) in [5.74, 6) is -95.7. The highest BCUT2D eigenvalue weighted by molar-refractivity contribution is 7.90. The van der Waals surface area contributed by atoms with Crippen molar-refractivity contribution >= 4 is 20.1 Å². The summed E-state index contributed by atoms with van der Waals surface area (Å²) in [4.78, 5) is 0. The highest BCUT2D eigenvalue weighted by Gasteiger charge is 3.00. The minimum absolute atomic E-state index is 0.255. The van der Waals surface area contributed by atoms with Crippen LogP contribution in [0, 0.1) is 0 Å². The van der Waals surface area contributed by atoms with Gasteiger partial charge in [0.1, 0.15) is 12.6 Å². The van der Waals surface area contributed by atoms with Crippen LogP contribution in [0.2, 0.25) is 0 Å². The second kappa shape index (κ2) is 14.4. The van der Waals surface area contributed by atoms with Crippen LogP contribution < -0.4 is 4.72 Å². The molecule has 0 aromatic carbocycles. The molecule has 1 atom stereocenters. The Kier molecular flexibility index (Phi) is 13.8. The number of rotatable bonds is 20. The van der Waals surface area contributed by atoms with Crippen molar-refractivity contribution in [3.63, 3.8) is 0 Å². The lowest BCUT2D eigenvalue weighted by atomic mass is 9.85. The van der Waals surface area contributed by atoms with Crippen LogP contribution in [0.5, 0.6) is 0 Å². The Balaban J connectivity index is 6.87. The van der Waals surface area contributed by atoms with Crippen molar-refractivity contribution in [3.05, 3.63) is 0 Å². The van der Waals surface area contributed by atoms with Crippen LogP contribution in [-0.2, 0) is 20.1 Å². The first-order valence-electron chi connectivity index (χ1n) is 13.0. The molecule has 8 nitrogen and oxygen atoms in total. The highest BCUT2D eigenvalue weighted by Crippen LogP contribution is 2.68. The van der Waals surface area contributed by atoms with Gasteiger partial charge in [-0.25, -0.2) is 21.6 Å². The molecular weight excluding hydrogens is 903 g/mol. The summed E-state index contributed by atoms with van der Waals surface area (Å²) >= 11 is 0. The van der Waals surface area contributed by atoms with Gasteiger partial charge in [0.2, 0.25) is 0 Å². The summed E-state index contributed by atoms with van der Waals surface area (Å²) < 4.78 is 394. The van der Waals surface area contributed by atoms with Crippen molar-refractivity contribution in [2.75, 3.05) is 39.5 Å². The van der Waals surface area contributed by atoms with E-state index in [0.29, 0.717) is 0 Å². The number of hydrogen-bond donors (Lipinski definition) is 2. The van der Waals surface area contributed by atoms with E-state index in [-0.39, 0.29) is 4.72 Å². The number of hydrogen-bond acceptors (Lipinski definition) is 6. The lowest BCUT2D eigenvalue weighted by molar-refractivity contribution is -0.893. The molecule has 0 heterocycles. The van der Waals surface area contributed by atoms with Crippen LogP contribution in [0.4, 0.5) is 110 Å². The van der Waals surface area contributed by atoms with Gasteiger partial charge < -0.3 is 14.1 Å². The molecule has 0 aliphatic heterocycles. The molecule has 0 aromatic heterocycles. The molecule has 0 rings (SSSR count). The Morgan fingerprint density at radius 1 is 0.527 bits per heavy atom. The second-order valence-electron chi connectivity index (χ2n) is 11.7. The number of alkyl halides is 25. The van der Waals surface area contributed by atoms with Gasteiger partial charge in [-0.15, -0.1) is 0 Å². The predicted octanol–water partition coefficient (Wildman–Crippen LogP) is 5.79. The van der Waals surface area contributed by atoms with Crippen LogP contribution in [0.1, 0.15) is 6.42 Å². The molecular formula is C20H19F25N2O6S2. The Labute approximate surface area is 289 Å². The maximum Gasteiger partial charge on any atom is 0.460 e. The number of sulfonamides is 1. The quantitative estimate of drug-likeness (QED) is 0.0691. The predicted molar refractivity (Wildman–Crippen MR) is 124 cm³/mol. The fourth-order valence-electron chi connectivity index (χ4n) is 3.86. The first kappa shape index (κ1) is 53.0. The molecule has 0 spiro atoms. The van der Waals surface area contributed by atoms with Gasteiger partial charge in [-0.3, -0.25) is 0 Å². The molecule has 2 N–H and O–H groups in total. The summed E-state index contributed by atoms with van der Waals surface area (Å²) in [7, 11) is -10.9. The first-order chi connectivity index (χ1) is 23.3. The van der Waals surface area contributed by atoms with Crippen LogP contribution in [-0.4, -0.2) is 147 Å². The molecule has 0 aliphatic carbocycles. The molecule has 0 radical (unpaired) electrons. The van der Waals surface area contributed by atoms with E-state index in [1.807, 2.05) is 0 Å². The minimum Gasteiger partial charge on any atom is -0.748 e. The van der Waals surface area contributed by atoms with Crippen LogP contribution >= 0.6 is 0 Å². The van der Waals surface area contributed by atoms with E-state index in [1.54, 1.807) is 0 Å². The van der Waals surface area contributed by atoms with Crippen molar-refractivity contribution in [2.45, 2.75) is 83.2 Å². The Hall–Kier alpha value is -2.01. The largest absolute Gasteiger partial charge is 0.748 e. The minimum atomic E-state index is -9.80. The van der Waals surface area contributed by atoms with Gasteiger partial charge in [-0.05, 0) is 0 Å². The first-order valence-corrected chi connectivity index (χ1v) is 16.0. The topological polar surface area (TPSA) is 124 Å². The lowest BCUT2D eigenvalue weighted by Gasteiger charge is -2.45. The van der Waals surface area contributed by atoms with Gasteiger partial charge in [-0.2, -0.15) is 110 Å². The van der Waals surface area contributed by atoms with E-state index in [0.717, 1.165) is 14.1 Å². The number of nitrogens with one attached hydrogen (secondary N) is 1. The monoisotopic (exact) mass is 922 g/mol. The zero-order valence-corrected chi connectivity index (χ0v) is 27.4. The Morgan fingerprint density at radius 3 is 1.07 bits per heavy atom. The fraction of sp³-hybridized carbons (Fsp3) is 1.00. The number of halogens is 25. The zero-order chi connectivity index (χ0) is 45.3. The Morgan fingerprint density at radius 2 is 0.800 bits per heavy atom. The van der Waals surface area contributed by atoms with E-state index < -0.39 is 133 Å². The number of aliphatic hydroxyl groups is 1. The second-order valence-corrected chi connectivity index (χ2v) is 15.0. The SMILES string of the molecule is C[N+](C)(CCCNS(=O)(=O)C(F)(F)C(F)(F)C(F)(F)C(F)(F)C(F)(F)C(F)(F)C(F)(F)C(F)(F)C(F)(F)C(F)(F)C(F)(F)C(F)(F)F)CC(O)CS(=O)(=O)[O-]. The van der Waals surface area contributed by atoms with Crippen molar-refractivity contribution < 1.29 is 141 Å². The van der Waals surface area contributed by atoms with E-state index in [1.165, 1.54) is 0 Å². The summed E-state index contributed by atoms with van der Waals surface area (Å²) in [5.41, 5.74) is 0. The molecule has 1 unspecified atom stereocenters. The number of quaternary nitrogens is 1. The van der Waals surface area contributed by atoms with Crippen LogP contribution in [0.15, 0.2) is 0 Å². The van der Waals surface area contributed by atoms with Gasteiger partial charge in [0, 0.05) is 13.0 Å². The number of likely N-dealkylation sites (N-methyl/N-ethyl adjacent to an activating group) is 1. The molecule has 35 heteroatoms. The molecule has 0 saturated heterocycles. The fourth-order valence-corrected chi connectivity index (χ4v) is 5.50. The molecule has 0 amide bonds.